The molecular weight excluding hydrogens is 420 g/mol. The van der Waals surface area contributed by atoms with Crippen molar-refractivity contribution < 1.29 is 14.0 Å². The highest BCUT2D eigenvalue weighted by molar-refractivity contribution is 6.29. The maximum absolute atomic E-state index is 12.9. The molecule has 0 radical (unpaired) electrons. The normalized spacial score (nSPS) is 14.8. The van der Waals surface area contributed by atoms with Gasteiger partial charge in [0, 0.05) is 37.8 Å². The summed E-state index contributed by atoms with van der Waals surface area (Å²) in [7, 11) is 0. The molecule has 2 amide bonds. The van der Waals surface area contributed by atoms with Crippen molar-refractivity contribution in [2.75, 3.05) is 13.1 Å². The van der Waals surface area contributed by atoms with Gasteiger partial charge in [-0.3, -0.25) is 9.59 Å². The van der Waals surface area contributed by atoms with Crippen LogP contribution in [0.4, 0.5) is 0 Å². The summed E-state index contributed by atoms with van der Waals surface area (Å²) in [5, 5.41) is 12.0. The van der Waals surface area contributed by atoms with Gasteiger partial charge in [0.1, 0.15) is 17.2 Å². The molecule has 3 aromatic rings. The second-order valence-corrected chi connectivity index (χ2v) is 8.13. The van der Waals surface area contributed by atoms with E-state index in [-0.39, 0.29) is 28.9 Å². The maximum Gasteiger partial charge on any atom is 0.255 e. The summed E-state index contributed by atoms with van der Waals surface area (Å²) in [6.45, 7) is 5.58. The average Bonchev–Trinajstić information content (AvgIpc) is 3.38. The molecule has 4 heterocycles. The molecule has 0 aliphatic carbocycles. The summed E-state index contributed by atoms with van der Waals surface area (Å²) >= 11 is 5.93. The minimum absolute atomic E-state index is 0.0871. The quantitative estimate of drug-likeness (QED) is 0.609. The molecule has 31 heavy (non-hydrogen) atoms. The molecule has 9 nitrogen and oxygen atoms in total. The smallest absolute Gasteiger partial charge is 0.255 e. The molecule has 0 unspecified atom stereocenters. The van der Waals surface area contributed by atoms with Gasteiger partial charge in [0.05, 0.1) is 17.9 Å². The van der Waals surface area contributed by atoms with Crippen LogP contribution in [0.5, 0.6) is 0 Å². The van der Waals surface area contributed by atoms with E-state index < -0.39 is 0 Å². The Hall–Kier alpha value is -3.20. The van der Waals surface area contributed by atoms with E-state index in [2.05, 4.69) is 20.5 Å². The van der Waals surface area contributed by atoms with E-state index in [1.165, 1.54) is 18.7 Å². The minimum Gasteiger partial charge on any atom is -0.472 e. The molecular formula is C21H23ClN6O3. The number of aromatic nitrogens is 4. The molecule has 0 aromatic carbocycles. The van der Waals surface area contributed by atoms with E-state index in [0.29, 0.717) is 43.0 Å². The molecule has 162 valence electrons. The number of amides is 2. The van der Waals surface area contributed by atoms with Crippen LogP contribution in [0.2, 0.25) is 5.15 Å². The SMILES string of the molecule is CC(C)[C@H](NC(=O)c1ccoc1)c1nnc2n1CCN(C(=O)c1ccnc(Cl)c1)CC2. The summed E-state index contributed by atoms with van der Waals surface area (Å²) in [5.41, 5.74) is 0.958. The number of furan rings is 1. The predicted octanol–water partition coefficient (Wildman–Crippen LogP) is 2.75. The maximum atomic E-state index is 12.9. The predicted molar refractivity (Wildman–Crippen MR) is 113 cm³/mol. The first-order chi connectivity index (χ1) is 14.9. The largest absolute Gasteiger partial charge is 0.472 e. The van der Waals surface area contributed by atoms with Crippen molar-refractivity contribution in [1.82, 2.24) is 30.0 Å². The van der Waals surface area contributed by atoms with Gasteiger partial charge in [-0.05, 0) is 24.1 Å². The highest BCUT2D eigenvalue weighted by Gasteiger charge is 2.29. The van der Waals surface area contributed by atoms with Gasteiger partial charge < -0.3 is 19.2 Å². The molecule has 3 aromatic heterocycles. The number of fused-ring (bicyclic) bond motifs is 1. The highest BCUT2D eigenvalue weighted by Crippen LogP contribution is 2.23. The molecule has 0 fully saturated rings. The first kappa shape index (κ1) is 21.0. The van der Waals surface area contributed by atoms with Gasteiger partial charge in [-0.1, -0.05) is 25.4 Å². The molecule has 0 bridgehead atoms. The van der Waals surface area contributed by atoms with Crippen LogP contribution in [0, 0.1) is 5.92 Å². The van der Waals surface area contributed by atoms with Gasteiger partial charge >= 0.3 is 0 Å². The lowest BCUT2D eigenvalue weighted by Crippen LogP contribution is -2.35. The van der Waals surface area contributed by atoms with Crippen LogP contribution in [0.3, 0.4) is 0 Å². The number of hydrogen-bond acceptors (Lipinski definition) is 6. The molecule has 1 aliphatic rings. The third-order valence-corrected chi connectivity index (χ3v) is 5.54. The van der Waals surface area contributed by atoms with Gasteiger partial charge in [0.2, 0.25) is 0 Å². The van der Waals surface area contributed by atoms with Gasteiger partial charge in [0.25, 0.3) is 11.8 Å². The van der Waals surface area contributed by atoms with Crippen molar-refractivity contribution in [3.8, 4) is 0 Å². The van der Waals surface area contributed by atoms with Crippen molar-refractivity contribution in [3.05, 3.63) is 64.9 Å². The fourth-order valence-electron chi connectivity index (χ4n) is 3.64. The Morgan fingerprint density at radius 2 is 2.00 bits per heavy atom. The Kier molecular flexibility index (Phi) is 6.03. The molecule has 1 N–H and O–H groups in total. The van der Waals surface area contributed by atoms with Crippen LogP contribution in [0.15, 0.2) is 41.3 Å². The number of rotatable bonds is 5. The number of nitrogens with zero attached hydrogens (tertiary/aromatic N) is 5. The third kappa shape index (κ3) is 4.46. The minimum atomic E-state index is -0.329. The number of halogens is 1. The van der Waals surface area contributed by atoms with Gasteiger partial charge in [-0.25, -0.2) is 4.98 Å². The first-order valence-corrected chi connectivity index (χ1v) is 10.5. The number of hydrogen-bond donors (Lipinski definition) is 1. The summed E-state index contributed by atoms with van der Waals surface area (Å²) in [6, 6.07) is 4.52. The van der Waals surface area contributed by atoms with Crippen LogP contribution in [0.1, 0.15) is 52.3 Å². The lowest BCUT2D eigenvalue weighted by Gasteiger charge is -2.23. The zero-order valence-electron chi connectivity index (χ0n) is 17.3. The van der Waals surface area contributed by atoms with Crippen molar-refractivity contribution in [2.24, 2.45) is 5.92 Å². The molecule has 1 aliphatic heterocycles. The zero-order valence-corrected chi connectivity index (χ0v) is 18.0. The van der Waals surface area contributed by atoms with E-state index in [0.717, 1.165) is 5.82 Å². The summed E-state index contributed by atoms with van der Waals surface area (Å²) in [4.78, 5) is 31.2. The topological polar surface area (TPSA) is 106 Å². The Morgan fingerprint density at radius 1 is 1.16 bits per heavy atom. The number of carbonyl (C=O) groups excluding carboxylic acids is 2. The van der Waals surface area contributed by atoms with E-state index in [1.807, 2.05) is 18.4 Å². The van der Waals surface area contributed by atoms with Crippen LogP contribution < -0.4 is 5.32 Å². The lowest BCUT2D eigenvalue weighted by molar-refractivity contribution is 0.0758. The van der Waals surface area contributed by atoms with Gasteiger partial charge in [-0.15, -0.1) is 10.2 Å². The summed E-state index contributed by atoms with van der Waals surface area (Å²) in [6.07, 6.45) is 4.96. The van der Waals surface area contributed by atoms with Crippen molar-refractivity contribution in [3.63, 3.8) is 0 Å². The third-order valence-electron chi connectivity index (χ3n) is 5.33. The molecule has 4 rings (SSSR count). The lowest BCUT2D eigenvalue weighted by atomic mass is 10.0. The molecule has 10 heteroatoms. The van der Waals surface area contributed by atoms with Gasteiger partial charge in [-0.2, -0.15) is 0 Å². The molecule has 1 atom stereocenters. The standard InChI is InChI=1S/C21H23ClN6O3/c1-13(2)18(24-20(29)15-5-10-31-12-15)19-26-25-17-4-7-27(8-9-28(17)19)21(30)14-3-6-23-16(22)11-14/h3,5-6,10-13,18H,4,7-9H2,1-2H3,(H,24,29)/t18-/m0/s1. The second-order valence-electron chi connectivity index (χ2n) is 7.74. The fourth-order valence-corrected chi connectivity index (χ4v) is 3.82. The van der Waals surface area contributed by atoms with E-state index in [1.54, 1.807) is 23.1 Å². The number of carbonyl (C=O) groups is 2. The Balaban J connectivity index is 1.52. The first-order valence-electron chi connectivity index (χ1n) is 10.1. The Morgan fingerprint density at radius 3 is 2.71 bits per heavy atom. The summed E-state index contributed by atoms with van der Waals surface area (Å²) < 4.78 is 7.02. The Labute approximate surface area is 184 Å². The van der Waals surface area contributed by atoms with Crippen molar-refractivity contribution in [1.29, 1.82) is 0 Å². The molecule has 0 spiro atoms. The van der Waals surface area contributed by atoms with E-state index in [9.17, 15) is 9.59 Å². The van der Waals surface area contributed by atoms with Crippen molar-refractivity contribution >= 4 is 23.4 Å². The average molecular weight is 443 g/mol. The van der Waals surface area contributed by atoms with Crippen molar-refractivity contribution in [2.45, 2.75) is 32.9 Å². The van der Waals surface area contributed by atoms with E-state index >= 15 is 0 Å². The number of nitrogens with one attached hydrogen (secondary N) is 1. The molecule has 0 saturated heterocycles. The second kappa shape index (κ2) is 8.89. The van der Waals surface area contributed by atoms with E-state index in [4.69, 9.17) is 16.0 Å². The van der Waals surface area contributed by atoms with Crippen LogP contribution >= 0.6 is 11.6 Å². The van der Waals surface area contributed by atoms with Gasteiger partial charge in [0.15, 0.2) is 5.82 Å². The zero-order chi connectivity index (χ0) is 22.0. The van der Waals surface area contributed by atoms with Crippen LogP contribution in [0.25, 0.3) is 0 Å². The Bertz CT molecular complexity index is 1080. The summed E-state index contributed by atoms with van der Waals surface area (Å²) in [5.74, 6) is 1.23. The van der Waals surface area contributed by atoms with Crippen LogP contribution in [-0.2, 0) is 13.0 Å². The monoisotopic (exact) mass is 442 g/mol. The highest BCUT2D eigenvalue weighted by atomic mass is 35.5. The van der Waals surface area contributed by atoms with Crippen LogP contribution in [-0.4, -0.2) is 49.6 Å². The fraction of sp³-hybridized carbons (Fsp3) is 0.381. The molecule has 0 saturated carbocycles. The number of pyridine rings is 1.